The Bertz CT molecular complexity index is 1080. The van der Waals surface area contributed by atoms with E-state index in [2.05, 4.69) is 32.5 Å². The lowest BCUT2D eigenvalue weighted by Crippen LogP contribution is -2.45. The molecule has 1 aliphatic rings. The number of hydrogen-bond acceptors (Lipinski definition) is 5. The summed E-state index contributed by atoms with van der Waals surface area (Å²) in [5, 5.41) is 5.49. The number of nitrogens with one attached hydrogen (secondary N) is 2. The predicted octanol–water partition coefficient (Wildman–Crippen LogP) is 2.76. The summed E-state index contributed by atoms with van der Waals surface area (Å²) in [6.45, 7) is 3.93. The van der Waals surface area contributed by atoms with E-state index in [1.807, 2.05) is 66.7 Å². The van der Waals surface area contributed by atoms with Crippen molar-refractivity contribution < 1.29 is 9.59 Å². The fourth-order valence-corrected chi connectivity index (χ4v) is 3.72. The van der Waals surface area contributed by atoms with Crippen molar-refractivity contribution in [2.75, 3.05) is 43.4 Å². The van der Waals surface area contributed by atoms with Gasteiger partial charge in [0.1, 0.15) is 0 Å². The van der Waals surface area contributed by atoms with E-state index in [4.69, 9.17) is 0 Å². The van der Waals surface area contributed by atoms with Crippen molar-refractivity contribution in [3.8, 4) is 11.3 Å². The van der Waals surface area contributed by atoms with Crippen LogP contribution in [0, 0.1) is 0 Å². The van der Waals surface area contributed by atoms with E-state index in [0.29, 0.717) is 5.69 Å². The molecule has 7 nitrogen and oxygen atoms in total. The van der Waals surface area contributed by atoms with Gasteiger partial charge in [-0.05, 0) is 42.9 Å². The number of rotatable bonds is 5. The standard InChI is InChI=1S/C25H27N5O2/c1-29-13-15-30(16-14-29)23-11-3-2-10-22(23)28-25(32)24(31)27-18-19-7-6-8-20(17-19)21-9-4-5-12-26-21/h2-12,17H,13-16,18H2,1H3,(H,27,31)(H,28,32). The van der Waals surface area contributed by atoms with Crippen molar-refractivity contribution in [2.24, 2.45) is 0 Å². The average Bonchev–Trinajstić information content (AvgIpc) is 2.84. The van der Waals surface area contributed by atoms with Gasteiger partial charge in [-0.1, -0.05) is 36.4 Å². The molecule has 164 valence electrons. The van der Waals surface area contributed by atoms with Crippen molar-refractivity contribution in [3.63, 3.8) is 0 Å². The minimum absolute atomic E-state index is 0.257. The maximum Gasteiger partial charge on any atom is 0.313 e. The van der Waals surface area contributed by atoms with Gasteiger partial charge in [0.05, 0.1) is 17.1 Å². The fourth-order valence-electron chi connectivity index (χ4n) is 3.72. The van der Waals surface area contributed by atoms with E-state index in [1.165, 1.54) is 0 Å². The highest BCUT2D eigenvalue weighted by molar-refractivity contribution is 6.39. The molecule has 1 aliphatic heterocycles. The maximum absolute atomic E-state index is 12.5. The van der Waals surface area contributed by atoms with Crippen molar-refractivity contribution in [1.29, 1.82) is 0 Å². The Hall–Kier alpha value is -3.71. The number of benzene rings is 2. The van der Waals surface area contributed by atoms with Crippen LogP contribution in [0.1, 0.15) is 5.56 Å². The van der Waals surface area contributed by atoms with Gasteiger partial charge in [0, 0.05) is 44.5 Å². The number of aromatic nitrogens is 1. The number of nitrogens with zero attached hydrogens (tertiary/aromatic N) is 3. The molecule has 32 heavy (non-hydrogen) atoms. The smallest absolute Gasteiger partial charge is 0.313 e. The first kappa shape index (κ1) is 21.5. The molecule has 1 saturated heterocycles. The van der Waals surface area contributed by atoms with Crippen LogP contribution >= 0.6 is 0 Å². The zero-order chi connectivity index (χ0) is 22.3. The summed E-state index contributed by atoms with van der Waals surface area (Å²) < 4.78 is 0. The summed E-state index contributed by atoms with van der Waals surface area (Å²) in [4.78, 5) is 33.9. The molecule has 2 amide bonds. The Morgan fingerprint density at radius 3 is 2.47 bits per heavy atom. The normalized spacial score (nSPS) is 14.1. The second-order valence-electron chi connectivity index (χ2n) is 7.86. The Labute approximate surface area is 188 Å². The number of pyridine rings is 1. The SMILES string of the molecule is CN1CCN(c2ccccc2NC(=O)C(=O)NCc2cccc(-c3ccccn3)c2)CC1. The number of piperazine rings is 1. The van der Waals surface area contributed by atoms with E-state index >= 15 is 0 Å². The summed E-state index contributed by atoms with van der Waals surface area (Å²) in [5.41, 5.74) is 4.30. The molecule has 4 rings (SSSR count). The molecule has 1 aromatic heterocycles. The summed E-state index contributed by atoms with van der Waals surface area (Å²) in [5.74, 6) is -1.34. The van der Waals surface area contributed by atoms with Crippen LogP contribution in [0.15, 0.2) is 72.9 Å². The first-order valence-electron chi connectivity index (χ1n) is 10.7. The molecule has 0 atom stereocenters. The molecular weight excluding hydrogens is 402 g/mol. The largest absolute Gasteiger partial charge is 0.367 e. The third-order valence-corrected chi connectivity index (χ3v) is 5.54. The number of carbonyl (C=O) groups excluding carboxylic acids is 2. The maximum atomic E-state index is 12.5. The molecule has 0 unspecified atom stereocenters. The highest BCUT2D eigenvalue weighted by atomic mass is 16.2. The van der Waals surface area contributed by atoms with Gasteiger partial charge in [-0.15, -0.1) is 0 Å². The molecule has 0 radical (unpaired) electrons. The molecule has 2 heterocycles. The zero-order valence-electron chi connectivity index (χ0n) is 18.1. The molecule has 7 heteroatoms. The molecular formula is C25H27N5O2. The van der Waals surface area contributed by atoms with Gasteiger partial charge in [-0.25, -0.2) is 0 Å². The molecule has 3 aromatic rings. The summed E-state index contributed by atoms with van der Waals surface area (Å²) in [7, 11) is 2.10. The van der Waals surface area contributed by atoms with Gasteiger partial charge in [0.15, 0.2) is 0 Å². The van der Waals surface area contributed by atoms with E-state index in [9.17, 15) is 9.59 Å². The van der Waals surface area contributed by atoms with Gasteiger partial charge in [0.2, 0.25) is 0 Å². The van der Waals surface area contributed by atoms with Crippen molar-refractivity contribution in [3.05, 3.63) is 78.5 Å². The van der Waals surface area contributed by atoms with E-state index in [0.717, 1.165) is 48.7 Å². The molecule has 1 fully saturated rings. The fraction of sp³-hybridized carbons (Fsp3) is 0.240. The molecule has 0 spiro atoms. The van der Waals surface area contributed by atoms with Crippen LogP contribution in [0.2, 0.25) is 0 Å². The zero-order valence-corrected chi connectivity index (χ0v) is 18.1. The minimum atomic E-state index is -0.674. The first-order chi connectivity index (χ1) is 15.6. The molecule has 0 saturated carbocycles. The lowest BCUT2D eigenvalue weighted by molar-refractivity contribution is -0.136. The van der Waals surface area contributed by atoms with Gasteiger partial charge in [0.25, 0.3) is 0 Å². The second kappa shape index (κ2) is 10.1. The molecule has 2 N–H and O–H groups in total. The summed E-state index contributed by atoms with van der Waals surface area (Å²) >= 11 is 0. The number of carbonyl (C=O) groups is 2. The van der Waals surface area contributed by atoms with Gasteiger partial charge >= 0.3 is 11.8 Å². The summed E-state index contributed by atoms with van der Waals surface area (Å²) in [6, 6.07) is 21.1. The van der Waals surface area contributed by atoms with Gasteiger partial charge in [-0.2, -0.15) is 0 Å². The minimum Gasteiger partial charge on any atom is -0.367 e. The van der Waals surface area contributed by atoms with Crippen LogP contribution in [-0.4, -0.2) is 54.9 Å². The Balaban J connectivity index is 1.37. The Kier molecular flexibility index (Phi) is 6.77. The predicted molar refractivity (Wildman–Crippen MR) is 126 cm³/mol. The van der Waals surface area contributed by atoms with Crippen molar-refractivity contribution in [2.45, 2.75) is 6.54 Å². The number of para-hydroxylation sites is 2. The molecule has 2 aromatic carbocycles. The third kappa shape index (κ3) is 5.31. The number of likely N-dealkylation sites (N-methyl/N-ethyl adjacent to an activating group) is 1. The van der Waals surface area contributed by atoms with E-state index < -0.39 is 11.8 Å². The second-order valence-corrected chi connectivity index (χ2v) is 7.86. The van der Waals surface area contributed by atoms with Crippen LogP contribution in [-0.2, 0) is 16.1 Å². The Morgan fingerprint density at radius 1 is 0.906 bits per heavy atom. The average molecular weight is 430 g/mol. The third-order valence-electron chi connectivity index (χ3n) is 5.54. The van der Waals surface area contributed by atoms with E-state index in [1.54, 1.807) is 6.20 Å². The lowest BCUT2D eigenvalue weighted by atomic mass is 10.1. The van der Waals surface area contributed by atoms with Crippen LogP contribution in [0.25, 0.3) is 11.3 Å². The van der Waals surface area contributed by atoms with Gasteiger partial charge < -0.3 is 20.4 Å². The van der Waals surface area contributed by atoms with Crippen LogP contribution in [0.3, 0.4) is 0 Å². The number of anilines is 2. The quantitative estimate of drug-likeness (QED) is 0.610. The topological polar surface area (TPSA) is 77.6 Å². The highest BCUT2D eigenvalue weighted by Crippen LogP contribution is 2.26. The van der Waals surface area contributed by atoms with Crippen molar-refractivity contribution >= 4 is 23.2 Å². The Morgan fingerprint density at radius 2 is 1.69 bits per heavy atom. The number of hydrogen-bond donors (Lipinski definition) is 2. The van der Waals surface area contributed by atoms with E-state index in [-0.39, 0.29) is 6.54 Å². The first-order valence-corrected chi connectivity index (χ1v) is 10.7. The van der Waals surface area contributed by atoms with Crippen LogP contribution in [0.4, 0.5) is 11.4 Å². The molecule has 0 aliphatic carbocycles. The van der Waals surface area contributed by atoms with Crippen LogP contribution < -0.4 is 15.5 Å². The highest BCUT2D eigenvalue weighted by Gasteiger charge is 2.20. The van der Waals surface area contributed by atoms with Crippen LogP contribution in [0.5, 0.6) is 0 Å². The number of amides is 2. The summed E-state index contributed by atoms with van der Waals surface area (Å²) in [6.07, 6.45) is 1.74. The lowest BCUT2D eigenvalue weighted by Gasteiger charge is -2.35. The molecule has 0 bridgehead atoms. The van der Waals surface area contributed by atoms with Gasteiger partial charge in [-0.3, -0.25) is 14.6 Å². The van der Waals surface area contributed by atoms with Crippen molar-refractivity contribution in [1.82, 2.24) is 15.2 Å². The monoisotopic (exact) mass is 429 g/mol.